The summed E-state index contributed by atoms with van der Waals surface area (Å²) in [5, 5.41) is 3.64. The molecule has 3 nitrogen and oxygen atoms in total. The van der Waals surface area contributed by atoms with Gasteiger partial charge in [0.2, 0.25) is 0 Å². The lowest BCUT2D eigenvalue weighted by molar-refractivity contribution is 0.0660. The number of piperazine rings is 1. The molecule has 0 bridgehead atoms. The molecule has 0 saturated carbocycles. The minimum atomic E-state index is 0.623. The van der Waals surface area contributed by atoms with E-state index < -0.39 is 0 Å². The van der Waals surface area contributed by atoms with Crippen molar-refractivity contribution in [3.8, 4) is 0 Å². The maximum Gasteiger partial charge on any atom is 0.0477 e. The number of rotatable bonds is 5. The third-order valence-electron chi connectivity index (χ3n) is 3.76. The Bertz CT molecular complexity index is 196. The average molecular weight is 228 g/mol. The van der Waals surface area contributed by atoms with Gasteiger partial charge in [-0.3, -0.25) is 4.90 Å². The van der Waals surface area contributed by atoms with Crippen LogP contribution in [0.5, 0.6) is 0 Å². The van der Waals surface area contributed by atoms with Gasteiger partial charge in [-0.2, -0.15) is 0 Å². The van der Waals surface area contributed by atoms with Gasteiger partial charge in [0.05, 0.1) is 0 Å². The molecule has 1 rings (SSSR count). The summed E-state index contributed by atoms with van der Waals surface area (Å²) in [4.78, 5) is 2.63. The van der Waals surface area contributed by atoms with Crippen molar-refractivity contribution in [1.82, 2.24) is 10.2 Å². The fourth-order valence-corrected chi connectivity index (χ4v) is 2.43. The van der Waals surface area contributed by atoms with Gasteiger partial charge in [-0.05, 0) is 26.2 Å². The molecule has 1 fully saturated rings. The number of hydrogen-bond donors (Lipinski definition) is 1. The van der Waals surface area contributed by atoms with Crippen LogP contribution in [0.2, 0.25) is 0 Å². The van der Waals surface area contributed by atoms with Crippen LogP contribution < -0.4 is 5.32 Å². The van der Waals surface area contributed by atoms with Crippen LogP contribution in [0.1, 0.15) is 34.1 Å². The predicted octanol–water partition coefficient (Wildman–Crippen LogP) is 1.73. The predicted molar refractivity (Wildman–Crippen MR) is 68.8 cm³/mol. The lowest BCUT2D eigenvalue weighted by Crippen LogP contribution is -2.59. The van der Waals surface area contributed by atoms with Crippen molar-refractivity contribution in [2.45, 2.75) is 52.2 Å². The second kappa shape index (κ2) is 6.58. The third kappa shape index (κ3) is 3.72. The van der Waals surface area contributed by atoms with Crippen molar-refractivity contribution in [3.63, 3.8) is 0 Å². The molecule has 0 aromatic carbocycles. The van der Waals surface area contributed by atoms with E-state index in [0.717, 1.165) is 19.6 Å². The average Bonchev–Trinajstić information content (AvgIpc) is 2.26. The van der Waals surface area contributed by atoms with Gasteiger partial charge in [-0.1, -0.05) is 13.8 Å². The van der Waals surface area contributed by atoms with E-state index in [1.807, 2.05) is 0 Å². The summed E-state index contributed by atoms with van der Waals surface area (Å²) in [6, 6.07) is 1.90. The molecular weight excluding hydrogens is 200 g/mol. The zero-order valence-electron chi connectivity index (χ0n) is 11.5. The van der Waals surface area contributed by atoms with E-state index in [4.69, 9.17) is 4.74 Å². The van der Waals surface area contributed by atoms with Crippen LogP contribution >= 0.6 is 0 Å². The Balaban J connectivity index is 2.48. The van der Waals surface area contributed by atoms with Crippen LogP contribution in [0, 0.1) is 5.92 Å². The molecule has 1 heterocycles. The van der Waals surface area contributed by atoms with E-state index in [2.05, 4.69) is 37.9 Å². The summed E-state index contributed by atoms with van der Waals surface area (Å²) in [5.41, 5.74) is 0. The number of hydrogen-bond acceptors (Lipinski definition) is 3. The largest absolute Gasteiger partial charge is 0.385 e. The number of methoxy groups -OCH3 is 1. The van der Waals surface area contributed by atoms with Gasteiger partial charge in [-0.25, -0.2) is 0 Å². The van der Waals surface area contributed by atoms with Crippen molar-refractivity contribution >= 4 is 0 Å². The van der Waals surface area contributed by atoms with Crippen LogP contribution in [-0.4, -0.2) is 49.8 Å². The Morgan fingerprint density at radius 1 is 1.38 bits per heavy atom. The van der Waals surface area contributed by atoms with Crippen LogP contribution in [-0.2, 0) is 4.74 Å². The van der Waals surface area contributed by atoms with Gasteiger partial charge in [0.15, 0.2) is 0 Å². The van der Waals surface area contributed by atoms with Gasteiger partial charge in [0.25, 0.3) is 0 Å². The van der Waals surface area contributed by atoms with Crippen molar-refractivity contribution in [2.24, 2.45) is 5.92 Å². The normalized spacial score (nSPS) is 29.6. The van der Waals surface area contributed by atoms with E-state index in [1.165, 1.54) is 6.54 Å². The molecule has 0 radical (unpaired) electrons. The minimum absolute atomic E-state index is 0.623. The van der Waals surface area contributed by atoms with E-state index in [0.29, 0.717) is 24.0 Å². The Kier molecular flexibility index (Phi) is 5.73. The number of ether oxygens (including phenoxy) is 1. The summed E-state index contributed by atoms with van der Waals surface area (Å²) >= 11 is 0. The van der Waals surface area contributed by atoms with Gasteiger partial charge in [0.1, 0.15) is 0 Å². The van der Waals surface area contributed by atoms with Gasteiger partial charge in [-0.15, -0.1) is 0 Å². The molecule has 0 spiro atoms. The highest BCUT2D eigenvalue weighted by Gasteiger charge is 2.29. The second-order valence-electron chi connectivity index (χ2n) is 5.44. The van der Waals surface area contributed by atoms with E-state index >= 15 is 0 Å². The maximum absolute atomic E-state index is 5.17. The van der Waals surface area contributed by atoms with Gasteiger partial charge in [0, 0.05) is 44.9 Å². The fraction of sp³-hybridized carbons (Fsp3) is 1.00. The monoisotopic (exact) mass is 228 g/mol. The smallest absolute Gasteiger partial charge is 0.0477 e. The first-order valence-corrected chi connectivity index (χ1v) is 6.54. The Morgan fingerprint density at radius 3 is 2.62 bits per heavy atom. The Labute approximate surface area is 101 Å². The van der Waals surface area contributed by atoms with Crippen molar-refractivity contribution in [2.75, 3.05) is 26.8 Å². The van der Waals surface area contributed by atoms with Crippen molar-refractivity contribution in [3.05, 3.63) is 0 Å². The maximum atomic E-state index is 5.17. The highest BCUT2D eigenvalue weighted by molar-refractivity contribution is 4.87. The first-order chi connectivity index (χ1) is 7.56. The first kappa shape index (κ1) is 13.9. The standard InChI is InChI=1S/C13H28N2O/c1-10(2)13-9-15(12(4)8-14-13)11(3)6-7-16-5/h10-14H,6-9H2,1-5H3. The molecule has 1 N–H and O–H groups in total. The molecule has 16 heavy (non-hydrogen) atoms. The zero-order valence-corrected chi connectivity index (χ0v) is 11.5. The highest BCUT2D eigenvalue weighted by atomic mass is 16.5. The zero-order chi connectivity index (χ0) is 12.1. The van der Waals surface area contributed by atoms with Crippen LogP contribution in [0.4, 0.5) is 0 Å². The second-order valence-corrected chi connectivity index (χ2v) is 5.44. The quantitative estimate of drug-likeness (QED) is 0.775. The molecule has 3 unspecified atom stereocenters. The molecule has 0 amide bonds. The lowest BCUT2D eigenvalue weighted by atomic mass is 9.98. The molecular formula is C13H28N2O. The summed E-state index contributed by atoms with van der Waals surface area (Å²) in [6.07, 6.45) is 1.13. The molecule has 96 valence electrons. The van der Waals surface area contributed by atoms with E-state index in [-0.39, 0.29) is 0 Å². The summed E-state index contributed by atoms with van der Waals surface area (Å²) in [7, 11) is 1.78. The van der Waals surface area contributed by atoms with Gasteiger partial charge >= 0.3 is 0 Å². The van der Waals surface area contributed by atoms with E-state index in [9.17, 15) is 0 Å². The highest BCUT2D eigenvalue weighted by Crippen LogP contribution is 2.17. The Morgan fingerprint density at radius 2 is 2.06 bits per heavy atom. The summed E-state index contributed by atoms with van der Waals surface area (Å²) < 4.78 is 5.17. The SMILES string of the molecule is COCCC(C)N1CC(C(C)C)NCC1C. The molecule has 0 aliphatic carbocycles. The van der Waals surface area contributed by atoms with Crippen molar-refractivity contribution < 1.29 is 4.74 Å². The molecule has 3 atom stereocenters. The first-order valence-electron chi connectivity index (χ1n) is 6.54. The molecule has 1 aliphatic rings. The summed E-state index contributed by atoms with van der Waals surface area (Å²) in [5.74, 6) is 0.713. The molecule has 0 aromatic heterocycles. The summed E-state index contributed by atoms with van der Waals surface area (Å²) in [6.45, 7) is 12.4. The Hall–Kier alpha value is -0.120. The lowest BCUT2D eigenvalue weighted by Gasteiger charge is -2.43. The van der Waals surface area contributed by atoms with Crippen LogP contribution in [0.15, 0.2) is 0 Å². The number of nitrogens with zero attached hydrogens (tertiary/aromatic N) is 1. The van der Waals surface area contributed by atoms with E-state index in [1.54, 1.807) is 7.11 Å². The van der Waals surface area contributed by atoms with Gasteiger partial charge < -0.3 is 10.1 Å². The molecule has 0 aromatic rings. The molecule has 1 aliphatic heterocycles. The molecule has 3 heteroatoms. The fourth-order valence-electron chi connectivity index (χ4n) is 2.43. The van der Waals surface area contributed by atoms with Crippen LogP contribution in [0.25, 0.3) is 0 Å². The van der Waals surface area contributed by atoms with Crippen molar-refractivity contribution in [1.29, 1.82) is 0 Å². The van der Waals surface area contributed by atoms with Crippen LogP contribution in [0.3, 0.4) is 0 Å². The molecule has 1 saturated heterocycles. The minimum Gasteiger partial charge on any atom is -0.385 e. The number of nitrogens with one attached hydrogen (secondary N) is 1. The third-order valence-corrected chi connectivity index (χ3v) is 3.76. The topological polar surface area (TPSA) is 24.5 Å².